The summed E-state index contributed by atoms with van der Waals surface area (Å²) < 4.78 is 0. The number of aromatic nitrogens is 1. The molecule has 0 aromatic carbocycles. The topological polar surface area (TPSA) is 80.1 Å². The first-order valence-electron chi connectivity index (χ1n) is 5.23. The molecule has 0 radical (unpaired) electrons. The van der Waals surface area contributed by atoms with E-state index in [1.165, 1.54) is 12.3 Å². The van der Waals surface area contributed by atoms with E-state index in [4.69, 9.17) is 11.6 Å². The van der Waals surface area contributed by atoms with Crippen molar-refractivity contribution in [1.82, 2.24) is 10.3 Å². The number of nitrogens with zero attached hydrogens (tertiary/aromatic N) is 2. The second kappa shape index (κ2) is 6.36. The van der Waals surface area contributed by atoms with Gasteiger partial charge in [0.05, 0.1) is 9.95 Å². The largest absolute Gasteiger partial charge is 0.364 e. The molecule has 94 valence electrons. The van der Waals surface area contributed by atoms with Crippen LogP contribution in [0, 0.1) is 16.0 Å². The first-order chi connectivity index (χ1) is 8.04. The number of halogens is 1. The van der Waals surface area contributed by atoms with E-state index in [-0.39, 0.29) is 16.5 Å². The zero-order valence-corrected chi connectivity index (χ0v) is 10.5. The third-order valence-electron chi connectivity index (χ3n) is 2.20. The molecular formula is C10H15ClN4O2. The van der Waals surface area contributed by atoms with Crippen LogP contribution in [0.25, 0.3) is 0 Å². The summed E-state index contributed by atoms with van der Waals surface area (Å²) in [5.74, 6) is 0.597. The SMILES string of the molecule is CNCC(C)CNc1ncc(Cl)cc1[N+](=O)[O-]. The Labute approximate surface area is 105 Å². The Morgan fingerprint density at radius 1 is 1.59 bits per heavy atom. The average Bonchev–Trinajstić information content (AvgIpc) is 2.27. The number of nitro groups is 1. The van der Waals surface area contributed by atoms with E-state index in [9.17, 15) is 10.1 Å². The molecule has 0 fully saturated rings. The normalized spacial score (nSPS) is 12.2. The van der Waals surface area contributed by atoms with E-state index in [0.717, 1.165) is 6.54 Å². The van der Waals surface area contributed by atoms with Crippen molar-refractivity contribution in [2.75, 3.05) is 25.5 Å². The van der Waals surface area contributed by atoms with Crippen LogP contribution in [0.15, 0.2) is 12.3 Å². The fraction of sp³-hybridized carbons (Fsp3) is 0.500. The van der Waals surface area contributed by atoms with E-state index in [0.29, 0.717) is 12.5 Å². The Bertz CT molecular complexity index is 400. The highest BCUT2D eigenvalue weighted by Crippen LogP contribution is 2.24. The third kappa shape index (κ3) is 4.16. The predicted molar refractivity (Wildman–Crippen MR) is 67.5 cm³/mol. The minimum atomic E-state index is -0.496. The summed E-state index contributed by atoms with van der Waals surface area (Å²) in [7, 11) is 1.86. The summed E-state index contributed by atoms with van der Waals surface area (Å²) in [5, 5.41) is 17.0. The molecule has 0 amide bonds. The highest BCUT2D eigenvalue weighted by Gasteiger charge is 2.16. The Morgan fingerprint density at radius 3 is 2.88 bits per heavy atom. The molecule has 0 aliphatic rings. The lowest BCUT2D eigenvalue weighted by molar-refractivity contribution is -0.384. The van der Waals surface area contributed by atoms with Crippen molar-refractivity contribution in [2.45, 2.75) is 6.92 Å². The van der Waals surface area contributed by atoms with Crippen LogP contribution < -0.4 is 10.6 Å². The van der Waals surface area contributed by atoms with Gasteiger partial charge >= 0.3 is 5.69 Å². The molecule has 2 N–H and O–H groups in total. The van der Waals surface area contributed by atoms with Crippen molar-refractivity contribution in [1.29, 1.82) is 0 Å². The van der Waals surface area contributed by atoms with Crippen molar-refractivity contribution in [3.8, 4) is 0 Å². The van der Waals surface area contributed by atoms with Crippen molar-refractivity contribution in [3.63, 3.8) is 0 Å². The summed E-state index contributed by atoms with van der Waals surface area (Å²) >= 11 is 5.67. The fourth-order valence-corrected chi connectivity index (χ4v) is 1.55. The number of hydrogen-bond donors (Lipinski definition) is 2. The van der Waals surface area contributed by atoms with Gasteiger partial charge in [-0.05, 0) is 19.5 Å². The van der Waals surface area contributed by atoms with E-state index < -0.39 is 4.92 Å². The number of pyridine rings is 1. The highest BCUT2D eigenvalue weighted by molar-refractivity contribution is 6.30. The average molecular weight is 259 g/mol. The van der Waals surface area contributed by atoms with Crippen molar-refractivity contribution >= 4 is 23.1 Å². The molecule has 1 aromatic heterocycles. The van der Waals surface area contributed by atoms with E-state index >= 15 is 0 Å². The molecule has 1 unspecified atom stereocenters. The molecule has 6 nitrogen and oxygen atoms in total. The maximum absolute atomic E-state index is 10.8. The van der Waals surface area contributed by atoms with Gasteiger partial charge in [-0.2, -0.15) is 0 Å². The lowest BCUT2D eigenvalue weighted by Gasteiger charge is -2.12. The van der Waals surface area contributed by atoms with Crippen LogP contribution in [0.3, 0.4) is 0 Å². The van der Waals surface area contributed by atoms with Gasteiger partial charge in [0.15, 0.2) is 0 Å². The molecule has 0 bridgehead atoms. The van der Waals surface area contributed by atoms with Crippen LogP contribution in [-0.4, -0.2) is 30.0 Å². The molecule has 1 atom stereocenters. The molecule has 1 aromatic rings. The summed E-state index contributed by atoms with van der Waals surface area (Å²) in [6.45, 7) is 3.47. The lowest BCUT2D eigenvalue weighted by Crippen LogP contribution is -2.23. The van der Waals surface area contributed by atoms with Crippen LogP contribution >= 0.6 is 11.6 Å². The molecule has 0 aliphatic carbocycles. The second-order valence-corrected chi connectivity index (χ2v) is 4.26. The number of rotatable bonds is 6. The number of anilines is 1. The monoisotopic (exact) mass is 258 g/mol. The van der Waals surface area contributed by atoms with Gasteiger partial charge in [-0.3, -0.25) is 10.1 Å². The lowest BCUT2D eigenvalue weighted by atomic mass is 10.2. The standard InChI is InChI=1S/C10H15ClN4O2/c1-7(4-12-2)5-13-10-9(15(16)17)3-8(11)6-14-10/h3,6-7,12H,4-5H2,1-2H3,(H,13,14). The molecule has 17 heavy (non-hydrogen) atoms. The molecule has 1 rings (SSSR count). The van der Waals surface area contributed by atoms with Gasteiger partial charge in [-0.1, -0.05) is 18.5 Å². The third-order valence-corrected chi connectivity index (χ3v) is 2.41. The fourth-order valence-electron chi connectivity index (χ4n) is 1.40. The Hall–Kier alpha value is -1.40. The summed E-state index contributed by atoms with van der Waals surface area (Å²) in [4.78, 5) is 14.2. The molecule has 0 aliphatic heterocycles. The van der Waals surface area contributed by atoms with E-state index in [1.807, 2.05) is 14.0 Å². The summed E-state index contributed by atoms with van der Waals surface area (Å²) in [6.07, 6.45) is 1.39. The maximum atomic E-state index is 10.8. The van der Waals surface area contributed by atoms with Crippen LogP contribution in [0.4, 0.5) is 11.5 Å². The van der Waals surface area contributed by atoms with Gasteiger partial charge in [-0.15, -0.1) is 0 Å². The number of nitrogens with one attached hydrogen (secondary N) is 2. The Kier molecular flexibility index (Phi) is 5.11. The summed E-state index contributed by atoms with van der Waals surface area (Å²) in [5.41, 5.74) is -0.103. The van der Waals surface area contributed by atoms with Crippen LogP contribution in [0.2, 0.25) is 5.02 Å². The zero-order chi connectivity index (χ0) is 12.8. The minimum Gasteiger partial charge on any atom is -0.364 e. The van der Waals surface area contributed by atoms with E-state index in [2.05, 4.69) is 15.6 Å². The van der Waals surface area contributed by atoms with Gasteiger partial charge in [0.2, 0.25) is 5.82 Å². The molecule has 7 heteroatoms. The van der Waals surface area contributed by atoms with Crippen LogP contribution in [0.1, 0.15) is 6.92 Å². The Balaban J connectivity index is 2.73. The van der Waals surface area contributed by atoms with E-state index in [1.54, 1.807) is 0 Å². The first-order valence-corrected chi connectivity index (χ1v) is 5.60. The van der Waals surface area contributed by atoms with Gasteiger partial charge in [-0.25, -0.2) is 4.98 Å². The minimum absolute atomic E-state index is 0.103. The molecule has 0 saturated carbocycles. The number of hydrogen-bond acceptors (Lipinski definition) is 5. The van der Waals surface area contributed by atoms with Gasteiger partial charge in [0.25, 0.3) is 0 Å². The van der Waals surface area contributed by atoms with Crippen molar-refractivity contribution < 1.29 is 4.92 Å². The predicted octanol–water partition coefficient (Wildman–Crippen LogP) is 1.91. The second-order valence-electron chi connectivity index (χ2n) is 3.82. The quantitative estimate of drug-likeness (QED) is 0.602. The van der Waals surface area contributed by atoms with Gasteiger partial charge in [0.1, 0.15) is 0 Å². The van der Waals surface area contributed by atoms with Crippen LogP contribution in [0.5, 0.6) is 0 Å². The van der Waals surface area contributed by atoms with Gasteiger partial charge in [0, 0.05) is 18.8 Å². The maximum Gasteiger partial charge on any atom is 0.312 e. The van der Waals surface area contributed by atoms with Gasteiger partial charge < -0.3 is 10.6 Å². The van der Waals surface area contributed by atoms with Crippen molar-refractivity contribution in [3.05, 3.63) is 27.4 Å². The smallest absolute Gasteiger partial charge is 0.312 e. The summed E-state index contributed by atoms with van der Waals surface area (Å²) in [6, 6.07) is 1.29. The molecular weight excluding hydrogens is 244 g/mol. The van der Waals surface area contributed by atoms with Crippen molar-refractivity contribution in [2.24, 2.45) is 5.92 Å². The molecule has 1 heterocycles. The zero-order valence-electron chi connectivity index (χ0n) is 9.74. The highest BCUT2D eigenvalue weighted by atomic mass is 35.5. The Morgan fingerprint density at radius 2 is 2.29 bits per heavy atom. The molecule has 0 spiro atoms. The first kappa shape index (κ1) is 13.7. The van der Waals surface area contributed by atoms with Crippen LogP contribution in [-0.2, 0) is 0 Å². The molecule has 0 saturated heterocycles.